The van der Waals surface area contributed by atoms with Gasteiger partial charge in [0.05, 0.1) is 0 Å². The number of rotatable bonds is 7. The molecule has 0 fully saturated rings. The molecule has 0 aliphatic rings. The van der Waals surface area contributed by atoms with Crippen LogP contribution in [0.1, 0.15) is 18.9 Å². The van der Waals surface area contributed by atoms with Crippen LogP contribution in [0.5, 0.6) is 0 Å². The zero-order chi connectivity index (χ0) is 14.5. The third-order valence-electron chi connectivity index (χ3n) is 2.07. The predicted molar refractivity (Wildman–Crippen MR) is 82.8 cm³/mol. The number of benzene rings is 1. The number of aldehydes is 1. The average molecular weight is 282 g/mol. The van der Waals surface area contributed by atoms with E-state index in [2.05, 4.69) is 10.1 Å². The second-order valence-corrected chi connectivity index (χ2v) is 4.74. The van der Waals surface area contributed by atoms with Gasteiger partial charge in [-0.1, -0.05) is 6.07 Å². The Morgan fingerprint density at radius 3 is 2.63 bits per heavy atom. The summed E-state index contributed by atoms with van der Waals surface area (Å²) < 4.78 is 4.25. The highest BCUT2D eigenvalue weighted by molar-refractivity contribution is 7.99. The first-order valence-electron chi connectivity index (χ1n) is 6.09. The van der Waals surface area contributed by atoms with Crippen molar-refractivity contribution in [3.05, 3.63) is 23.8 Å². The summed E-state index contributed by atoms with van der Waals surface area (Å²) in [6.07, 6.45) is 2.83. The summed E-state index contributed by atoms with van der Waals surface area (Å²) >= 11 is 1.61. The highest BCUT2D eigenvalue weighted by atomic mass is 32.2. The van der Waals surface area contributed by atoms with Crippen molar-refractivity contribution in [1.29, 1.82) is 5.41 Å². The molecule has 106 valence electrons. The van der Waals surface area contributed by atoms with Crippen molar-refractivity contribution < 1.29 is 9.53 Å². The minimum atomic E-state index is 0.549. The van der Waals surface area contributed by atoms with Gasteiger partial charge in [-0.25, -0.2) is 0 Å². The summed E-state index contributed by atoms with van der Waals surface area (Å²) in [5, 5.41) is 10.7. The third-order valence-corrected chi connectivity index (χ3v) is 3.18. The first-order chi connectivity index (χ1) is 9.24. The van der Waals surface area contributed by atoms with Gasteiger partial charge in [-0.2, -0.15) is 0 Å². The van der Waals surface area contributed by atoms with Crippen molar-refractivity contribution in [2.45, 2.75) is 18.2 Å². The fraction of sp³-hybridized carbons (Fsp3) is 0.429. The summed E-state index contributed by atoms with van der Waals surface area (Å²) in [7, 11) is 3.25. The van der Waals surface area contributed by atoms with Crippen LogP contribution in [0.3, 0.4) is 0 Å². The number of ether oxygens (including phenoxy) is 1. The lowest BCUT2D eigenvalue weighted by Crippen LogP contribution is -2.01. The highest BCUT2D eigenvalue weighted by Crippen LogP contribution is 2.27. The molecule has 0 atom stereocenters. The number of nitrogens with one attached hydrogen (secondary N) is 2. The van der Waals surface area contributed by atoms with Gasteiger partial charge in [-0.3, -0.25) is 0 Å². The SMILES string of the molecule is CCNc1cccc(SCCC=O)c1C=N.COC. The fourth-order valence-electron chi connectivity index (χ4n) is 1.38. The van der Waals surface area contributed by atoms with Gasteiger partial charge in [0.1, 0.15) is 6.29 Å². The lowest BCUT2D eigenvalue weighted by Gasteiger charge is -2.11. The van der Waals surface area contributed by atoms with Crippen LogP contribution in [0.4, 0.5) is 5.69 Å². The Morgan fingerprint density at radius 1 is 1.42 bits per heavy atom. The number of hydrogen-bond donors (Lipinski definition) is 2. The average Bonchev–Trinajstić information content (AvgIpc) is 2.41. The van der Waals surface area contributed by atoms with E-state index in [4.69, 9.17) is 5.41 Å². The van der Waals surface area contributed by atoms with Crippen molar-refractivity contribution in [2.75, 3.05) is 31.8 Å². The van der Waals surface area contributed by atoms with Crippen LogP contribution in [0.2, 0.25) is 0 Å². The van der Waals surface area contributed by atoms with Gasteiger partial charge in [0.2, 0.25) is 0 Å². The molecule has 0 spiro atoms. The van der Waals surface area contributed by atoms with Crippen LogP contribution in [-0.4, -0.2) is 39.0 Å². The molecule has 19 heavy (non-hydrogen) atoms. The van der Waals surface area contributed by atoms with E-state index in [1.54, 1.807) is 26.0 Å². The van der Waals surface area contributed by atoms with Crippen molar-refractivity contribution in [3.8, 4) is 0 Å². The summed E-state index contributed by atoms with van der Waals surface area (Å²) in [5.74, 6) is 0.764. The molecule has 0 heterocycles. The van der Waals surface area contributed by atoms with Crippen LogP contribution < -0.4 is 5.32 Å². The van der Waals surface area contributed by atoms with E-state index in [1.165, 1.54) is 6.21 Å². The molecule has 0 saturated heterocycles. The van der Waals surface area contributed by atoms with E-state index >= 15 is 0 Å². The molecule has 4 nitrogen and oxygen atoms in total. The maximum atomic E-state index is 10.2. The van der Waals surface area contributed by atoms with E-state index in [1.807, 2.05) is 25.1 Å². The van der Waals surface area contributed by atoms with E-state index in [0.717, 1.165) is 34.7 Å². The second-order valence-electron chi connectivity index (χ2n) is 3.60. The lowest BCUT2D eigenvalue weighted by atomic mass is 10.2. The molecule has 0 radical (unpaired) electrons. The van der Waals surface area contributed by atoms with Gasteiger partial charge in [-0.05, 0) is 19.1 Å². The van der Waals surface area contributed by atoms with Gasteiger partial charge < -0.3 is 20.3 Å². The van der Waals surface area contributed by atoms with E-state index in [9.17, 15) is 4.79 Å². The number of carbonyl (C=O) groups excluding carboxylic acids is 1. The van der Waals surface area contributed by atoms with Crippen LogP contribution in [-0.2, 0) is 9.53 Å². The molecule has 5 heteroatoms. The standard InChI is InChI=1S/C12H16N2OS.C2H6O/c1-2-14-11-5-3-6-12(10(11)9-13)16-8-4-7-15;1-3-2/h3,5-7,9,13-14H,2,4,8H2,1H3;1-2H3. The van der Waals surface area contributed by atoms with Crippen molar-refractivity contribution in [1.82, 2.24) is 0 Å². The Balaban J connectivity index is 0.000000982. The molecule has 1 aromatic rings. The van der Waals surface area contributed by atoms with Crippen molar-refractivity contribution in [3.63, 3.8) is 0 Å². The summed E-state index contributed by atoms with van der Waals surface area (Å²) in [5.41, 5.74) is 1.88. The van der Waals surface area contributed by atoms with E-state index in [-0.39, 0.29) is 0 Å². The first kappa shape index (κ1) is 17.7. The minimum absolute atomic E-state index is 0.549. The quantitative estimate of drug-likeness (QED) is 0.349. The number of methoxy groups -OCH3 is 1. The topological polar surface area (TPSA) is 62.2 Å². The zero-order valence-electron chi connectivity index (χ0n) is 11.7. The summed E-state index contributed by atoms with van der Waals surface area (Å²) in [4.78, 5) is 11.3. The highest BCUT2D eigenvalue weighted by Gasteiger charge is 2.05. The molecule has 1 aromatic carbocycles. The van der Waals surface area contributed by atoms with Crippen molar-refractivity contribution in [2.24, 2.45) is 0 Å². The Kier molecular flexibility index (Phi) is 10.9. The van der Waals surface area contributed by atoms with Gasteiger partial charge >= 0.3 is 0 Å². The molecule has 0 aromatic heterocycles. The first-order valence-corrected chi connectivity index (χ1v) is 7.07. The number of thioether (sulfide) groups is 1. The van der Waals surface area contributed by atoms with Crippen LogP contribution in [0.25, 0.3) is 0 Å². The van der Waals surface area contributed by atoms with Crippen LogP contribution in [0, 0.1) is 5.41 Å². The lowest BCUT2D eigenvalue weighted by molar-refractivity contribution is -0.107. The molecule has 1 rings (SSSR count). The van der Waals surface area contributed by atoms with E-state index in [0.29, 0.717) is 6.42 Å². The second kappa shape index (κ2) is 11.7. The molecule has 0 unspecified atom stereocenters. The molecule has 0 saturated carbocycles. The fourth-order valence-corrected chi connectivity index (χ4v) is 2.31. The smallest absolute Gasteiger partial charge is 0.120 e. The Labute approximate surface area is 119 Å². The minimum Gasteiger partial charge on any atom is -0.388 e. The van der Waals surface area contributed by atoms with Gasteiger partial charge in [-0.15, -0.1) is 11.8 Å². The molecule has 0 bridgehead atoms. The Bertz CT molecular complexity index is 384. The number of carbonyl (C=O) groups is 1. The number of hydrogen-bond acceptors (Lipinski definition) is 5. The molecule has 2 N–H and O–H groups in total. The molecule has 0 aliphatic carbocycles. The van der Waals surface area contributed by atoms with Gasteiger partial charge in [0.15, 0.2) is 0 Å². The summed E-state index contributed by atoms with van der Waals surface area (Å²) in [6.45, 7) is 2.86. The number of anilines is 1. The Hall–Kier alpha value is -1.33. The zero-order valence-corrected chi connectivity index (χ0v) is 12.5. The van der Waals surface area contributed by atoms with Crippen molar-refractivity contribution >= 4 is 30.0 Å². The largest absolute Gasteiger partial charge is 0.388 e. The van der Waals surface area contributed by atoms with Gasteiger partial charge in [0, 0.05) is 55.3 Å². The maximum Gasteiger partial charge on any atom is 0.120 e. The van der Waals surface area contributed by atoms with Gasteiger partial charge in [0.25, 0.3) is 0 Å². The van der Waals surface area contributed by atoms with Crippen LogP contribution >= 0.6 is 11.8 Å². The summed E-state index contributed by atoms with van der Waals surface area (Å²) in [6, 6.07) is 5.92. The molecule has 0 amide bonds. The molecular weight excluding hydrogens is 260 g/mol. The van der Waals surface area contributed by atoms with Crippen LogP contribution in [0.15, 0.2) is 23.1 Å². The maximum absolute atomic E-state index is 10.2. The molecular formula is C14H22N2O2S. The third kappa shape index (κ3) is 6.98. The monoisotopic (exact) mass is 282 g/mol. The predicted octanol–water partition coefficient (Wildman–Crippen LogP) is 3.06. The van der Waals surface area contributed by atoms with E-state index < -0.39 is 0 Å². The Morgan fingerprint density at radius 2 is 2.11 bits per heavy atom. The molecule has 0 aliphatic heterocycles. The normalized spacial score (nSPS) is 9.21.